The third kappa shape index (κ3) is 18.3. The second-order valence-electron chi connectivity index (χ2n) is 2.79. The van der Waals surface area contributed by atoms with Crippen LogP contribution in [0, 0.1) is 0 Å². The van der Waals surface area contributed by atoms with Crippen molar-refractivity contribution in [2.24, 2.45) is 0 Å². The second-order valence-corrected chi connectivity index (χ2v) is 6.43. The molecule has 116 valence electrons. The third-order valence-electron chi connectivity index (χ3n) is 1.19. The normalized spacial score (nSPS) is 10.4. The van der Waals surface area contributed by atoms with Gasteiger partial charge in [-0.15, -0.1) is 0 Å². The number of aromatic amines is 2. The maximum Gasteiger partial charge on any atom is 0.283 e. The largest absolute Gasteiger partial charge is 0.283 e. The van der Waals surface area contributed by atoms with Crippen LogP contribution < -0.4 is 18.3 Å². The first-order valence-corrected chi connectivity index (χ1v) is 9.02. The van der Waals surface area contributed by atoms with E-state index in [0.29, 0.717) is 0 Å². The molecule has 11 nitrogen and oxygen atoms in total. The zero-order valence-electron chi connectivity index (χ0n) is 10.2. The van der Waals surface area contributed by atoms with Crippen molar-refractivity contribution in [2.45, 2.75) is 0 Å². The minimum Gasteiger partial charge on any atom is -0.250 e. The van der Waals surface area contributed by atoms with E-state index >= 15 is 0 Å². The Kier molecular flexibility index (Phi) is 9.28. The van der Waals surface area contributed by atoms with Gasteiger partial charge in [-0.3, -0.25) is 9.97 Å². The van der Waals surface area contributed by atoms with E-state index in [2.05, 4.69) is 22.8 Å². The Morgan fingerprint density at radius 3 is 1.24 bits per heavy atom. The van der Waals surface area contributed by atoms with Gasteiger partial charge in [0.15, 0.2) is 0 Å². The molecule has 2 aromatic heterocycles. The molecule has 13 heteroatoms. The molecule has 2 N–H and O–H groups in total. The van der Waals surface area contributed by atoms with Crippen molar-refractivity contribution in [1.29, 1.82) is 0 Å². The first kappa shape index (κ1) is 19.3. The van der Waals surface area contributed by atoms with Crippen molar-refractivity contribution in [3.05, 3.63) is 49.6 Å². The van der Waals surface area contributed by atoms with Gasteiger partial charge in [0.2, 0.25) is 0 Å². The summed E-state index contributed by atoms with van der Waals surface area (Å²) in [6.07, 6.45) is 10.3. The van der Waals surface area contributed by atoms with E-state index in [0.717, 1.165) is 0 Å². The van der Waals surface area contributed by atoms with Crippen molar-refractivity contribution >= 4 is 0 Å². The molecular weight excluding hydrogens is 368 g/mol. The third-order valence-corrected chi connectivity index (χ3v) is 3.86. The van der Waals surface area contributed by atoms with Gasteiger partial charge in [-0.25, -0.2) is 0 Å². The van der Waals surface area contributed by atoms with E-state index in [1.165, 1.54) is 0 Å². The monoisotopic (exact) mass is 378 g/mol. The van der Waals surface area contributed by atoms with Gasteiger partial charge in [0.25, 0.3) is 12.7 Å². The van der Waals surface area contributed by atoms with Gasteiger partial charge in [0, 0.05) is 12.1 Å². The molecule has 0 aliphatic rings. The van der Waals surface area contributed by atoms with Crippen LogP contribution in [0.3, 0.4) is 0 Å². The average Bonchev–Trinajstić information content (AvgIpc) is 2.40. The quantitative estimate of drug-likeness (QED) is 0.522. The molecule has 0 aliphatic heterocycles. The molecule has 0 radical (unpaired) electrons. The fourth-order valence-corrected chi connectivity index (χ4v) is 2.29. The summed E-state index contributed by atoms with van der Waals surface area (Å²) >= 11 is -12.1. The Morgan fingerprint density at radius 1 is 0.810 bits per heavy atom. The van der Waals surface area contributed by atoms with Crippen LogP contribution in [0.15, 0.2) is 49.6 Å². The number of rotatable bonds is 2. The number of aromatic nitrogens is 4. The fourth-order valence-electron chi connectivity index (χ4n) is 0.657. The molecule has 0 saturated heterocycles. The van der Waals surface area contributed by atoms with Crippen LogP contribution >= 0.6 is 0 Å². The van der Waals surface area contributed by atoms with Gasteiger partial charge in [0.05, 0.1) is 12.4 Å². The Bertz CT molecular complexity index is 564. The van der Waals surface area contributed by atoms with Crippen molar-refractivity contribution in [3.63, 3.8) is 0 Å². The molecular formula is C8H10Cr2N4O7. The van der Waals surface area contributed by atoms with E-state index < -0.39 is 27.2 Å². The number of hydrogen-bond acceptors (Lipinski definition) is 9. The number of nitrogens with zero attached hydrogens (tertiary/aromatic N) is 2. The van der Waals surface area contributed by atoms with Crippen molar-refractivity contribution in [1.82, 2.24) is 9.97 Å². The standard InChI is InChI=1S/2C4H4N2.2Cr.7O/c2*1-2-5-4-6-3-1;;;;;;;;;/h2*1-4H;;;;;;;;;/q;;;;;;;;;2*-1/p+2. The zero-order chi connectivity index (χ0) is 16.2. The molecule has 2 aromatic rings. The van der Waals surface area contributed by atoms with Gasteiger partial charge < -0.3 is 0 Å². The average molecular weight is 378 g/mol. The van der Waals surface area contributed by atoms with Gasteiger partial charge in [-0.1, -0.05) is 9.97 Å². The van der Waals surface area contributed by atoms with Crippen molar-refractivity contribution in [3.8, 4) is 0 Å². The summed E-state index contributed by atoms with van der Waals surface area (Å²) in [5.74, 6) is 0. The Labute approximate surface area is 123 Å². The van der Waals surface area contributed by atoms with Crippen LogP contribution in [-0.4, -0.2) is 9.97 Å². The number of hydrogen-bond donors (Lipinski definition) is 0. The summed E-state index contributed by atoms with van der Waals surface area (Å²) in [6, 6.07) is 3.67. The minimum atomic E-state index is -6.07. The molecule has 0 saturated carbocycles. The molecule has 2 heterocycles. The molecule has 2 rings (SSSR count). The molecule has 0 bridgehead atoms. The summed E-state index contributed by atoms with van der Waals surface area (Å²) in [5, 5.41) is 0. The van der Waals surface area contributed by atoms with Crippen LogP contribution in [-0.2, 0) is 45.3 Å². The van der Waals surface area contributed by atoms with Gasteiger partial charge in [0.1, 0.15) is 12.4 Å². The summed E-state index contributed by atoms with van der Waals surface area (Å²) in [6.45, 7) is 0. The van der Waals surface area contributed by atoms with E-state index in [1.807, 2.05) is 24.5 Å². The zero-order valence-corrected chi connectivity index (χ0v) is 12.7. The molecule has 0 aliphatic carbocycles. The minimum absolute atomic E-state index is 1.62. The SMILES string of the molecule is [O]=[Cr](=[O])([O-])[O][Cr](=[O])(=[O])[O-].c1cnc[nH+]c1.c1cnc[nH+]c1. The smallest absolute Gasteiger partial charge is 0.250 e. The van der Waals surface area contributed by atoms with E-state index in [9.17, 15) is 23.5 Å². The Morgan fingerprint density at radius 2 is 1.19 bits per heavy atom. The number of H-pyrrole nitrogens is 2. The first-order valence-electron chi connectivity index (χ1n) is 4.85. The van der Waals surface area contributed by atoms with E-state index in [-0.39, 0.29) is 0 Å². The van der Waals surface area contributed by atoms with Crippen molar-refractivity contribution in [2.75, 3.05) is 0 Å². The maximum atomic E-state index is 9.38. The topological polar surface area (TPSA) is 178 Å². The molecule has 0 amide bonds. The van der Waals surface area contributed by atoms with Crippen LogP contribution in [0.25, 0.3) is 0 Å². The summed E-state index contributed by atoms with van der Waals surface area (Å²) < 4.78 is 58.9. The van der Waals surface area contributed by atoms with Gasteiger partial charge in [-0.2, -0.15) is 0 Å². The molecule has 0 spiro atoms. The van der Waals surface area contributed by atoms with E-state index in [1.54, 1.807) is 25.0 Å². The second kappa shape index (κ2) is 10.1. The van der Waals surface area contributed by atoms with Crippen LogP contribution in [0.1, 0.15) is 0 Å². The summed E-state index contributed by atoms with van der Waals surface area (Å²) in [4.78, 5) is 13.0. The summed E-state index contributed by atoms with van der Waals surface area (Å²) in [5.41, 5.74) is 0. The fraction of sp³-hybridized carbons (Fsp3) is 0. The molecule has 0 unspecified atom stereocenters. The molecule has 0 atom stereocenters. The van der Waals surface area contributed by atoms with Gasteiger partial charge in [-0.05, 0) is 0 Å². The van der Waals surface area contributed by atoms with Crippen LogP contribution in [0.4, 0.5) is 0 Å². The maximum absolute atomic E-state index is 9.38. The molecule has 0 aromatic carbocycles. The van der Waals surface area contributed by atoms with Gasteiger partial charge >= 0.3 is 53.6 Å². The van der Waals surface area contributed by atoms with Crippen molar-refractivity contribution < 1.29 is 63.6 Å². The summed E-state index contributed by atoms with van der Waals surface area (Å²) in [7, 11) is 0. The number of nitrogens with one attached hydrogen (secondary N) is 2. The Balaban J connectivity index is 0.000000293. The molecule has 0 fully saturated rings. The Hall–Kier alpha value is -1.70. The molecule has 21 heavy (non-hydrogen) atoms. The van der Waals surface area contributed by atoms with E-state index in [4.69, 9.17) is 0 Å². The first-order chi connectivity index (χ1) is 9.71. The van der Waals surface area contributed by atoms with Crippen LogP contribution in [0.2, 0.25) is 0 Å². The predicted molar refractivity (Wildman–Crippen MR) is 45.4 cm³/mol. The van der Waals surface area contributed by atoms with Crippen LogP contribution in [0.5, 0.6) is 0 Å². The predicted octanol–water partition coefficient (Wildman–Crippen LogP) is -3.14.